The van der Waals surface area contributed by atoms with E-state index in [-0.39, 0.29) is 12.1 Å². The molecule has 0 aromatic carbocycles. The maximum atomic E-state index is 11.7. The summed E-state index contributed by atoms with van der Waals surface area (Å²) in [5.41, 5.74) is 0. The SMILES string of the molecule is CCCCCCCCCCCCCCCC(=O)OC(C)CCCC. The summed E-state index contributed by atoms with van der Waals surface area (Å²) in [6, 6.07) is 0. The monoisotopic (exact) mass is 340 g/mol. The van der Waals surface area contributed by atoms with Gasteiger partial charge in [-0.3, -0.25) is 4.79 Å². The summed E-state index contributed by atoms with van der Waals surface area (Å²) in [4.78, 5) is 11.7. The van der Waals surface area contributed by atoms with E-state index in [1.807, 2.05) is 6.92 Å². The molecule has 0 saturated carbocycles. The number of ether oxygens (including phenoxy) is 1. The molecule has 1 atom stereocenters. The van der Waals surface area contributed by atoms with Crippen molar-refractivity contribution >= 4 is 5.97 Å². The van der Waals surface area contributed by atoms with Gasteiger partial charge in [0.05, 0.1) is 6.10 Å². The van der Waals surface area contributed by atoms with Gasteiger partial charge in [0.15, 0.2) is 0 Å². The van der Waals surface area contributed by atoms with Gasteiger partial charge in [-0.05, 0) is 19.8 Å². The van der Waals surface area contributed by atoms with Crippen molar-refractivity contribution in [2.45, 2.75) is 136 Å². The smallest absolute Gasteiger partial charge is 0.306 e. The zero-order chi connectivity index (χ0) is 17.9. The number of carbonyl (C=O) groups is 1. The summed E-state index contributed by atoms with van der Waals surface area (Å²) in [7, 11) is 0. The Morgan fingerprint density at radius 2 is 1.08 bits per heavy atom. The van der Waals surface area contributed by atoms with Crippen molar-refractivity contribution in [2.24, 2.45) is 0 Å². The van der Waals surface area contributed by atoms with Crippen LogP contribution < -0.4 is 0 Å². The number of carbonyl (C=O) groups excluding carboxylic acids is 1. The fourth-order valence-electron chi connectivity index (χ4n) is 3.12. The second kappa shape index (κ2) is 18.8. The van der Waals surface area contributed by atoms with Gasteiger partial charge in [-0.25, -0.2) is 0 Å². The van der Waals surface area contributed by atoms with Crippen LogP contribution in [-0.2, 0) is 9.53 Å². The molecular weight excluding hydrogens is 296 g/mol. The average Bonchev–Trinajstić information content (AvgIpc) is 2.57. The van der Waals surface area contributed by atoms with Crippen LogP contribution in [0, 0.1) is 0 Å². The molecule has 0 spiro atoms. The van der Waals surface area contributed by atoms with E-state index >= 15 is 0 Å². The fourth-order valence-corrected chi connectivity index (χ4v) is 3.12. The Morgan fingerprint density at radius 1 is 0.667 bits per heavy atom. The van der Waals surface area contributed by atoms with Gasteiger partial charge < -0.3 is 4.74 Å². The first-order valence-corrected chi connectivity index (χ1v) is 10.9. The van der Waals surface area contributed by atoms with Crippen LogP contribution in [0.3, 0.4) is 0 Å². The molecule has 2 nitrogen and oxygen atoms in total. The molecule has 24 heavy (non-hydrogen) atoms. The highest BCUT2D eigenvalue weighted by Crippen LogP contribution is 2.13. The molecule has 0 saturated heterocycles. The second-order valence-corrected chi connectivity index (χ2v) is 7.44. The Kier molecular flexibility index (Phi) is 18.4. The molecule has 0 rings (SSSR count). The van der Waals surface area contributed by atoms with Crippen LogP contribution in [0.4, 0.5) is 0 Å². The number of hydrogen-bond acceptors (Lipinski definition) is 2. The lowest BCUT2D eigenvalue weighted by Crippen LogP contribution is -2.14. The highest BCUT2D eigenvalue weighted by atomic mass is 16.5. The highest BCUT2D eigenvalue weighted by Gasteiger charge is 2.08. The number of rotatable bonds is 18. The molecule has 0 heterocycles. The Balaban J connectivity index is 3.20. The summed E-state index contributed by atoms with van der Waals surface area (Å²) >= 11 is 0. The molecule has 0 aromatic heterocycles. The summed E-state index contributed by atoms with van der Waals surface area (Å²) in [5.74, 6) is 0.00155. The zero-order valence-corrected chi connectivity index (χ0v) is 16.9. The van der Waals surface area contributed by atoms with E-state index in [1.54, 1.807) is 0 Å². The summed E-state index contributed by atoms with van der Waals surface area (Å²) in [6.07, 6.45) is 21.4. The van der Waals surface area contributed by atoms with Crippen molar-refractivity contribution < 1.29 is 9.53 Å². The summed E-state index contributed by atoms with van der Waals surface area (Å²) in [6.45, 7) is 6.45. The molecule has 0 aromatic rings. The summed E-state index contributed by atoms with van der Waals surface area (Å²) in [5, 5.41) is 0. The lowest BCUT2D eigenvalue weighted by Gasteiger charge is -2.12. The standard InChI is InChI=1S/C22H44O2/c1-4-6-8-9-10-11-12-13-14-15-16-17-18-20-22(23)24-21(3)19-7-5-2/h21H,4-20H2,1-3H3. The molecule has 0 aliphatic heterocycles. The highest BCUT2D eigenvalue weighted by molar-refractivity contribution is 5.69. The Bertz CT molecular complexity index is 263. The minimum atomic E-state index is 0.00155. The van der Waals surface area contributed by atoms with Gasteiger partial charge in [-0.2, -0.15) is 0 Å². The first-order valence-electron chi connectivity index (χ1n) is 10.9. The number of unbranched alkanes of at least 4 members (excludes halogenated alkanes) is 13. The average molecular weight is 341 g/mol. The molecule has 0 bridgehead atoms. The molecular formula is C22H44O2. The van der Waals surface area contributed by atoms with Crippen molar-refractivity contribution in [3.63, 3.8) is 0 Å². The minimum absolute atomic E-state index is 0.00155. The predicted molar refractivity (Wildman–Crippen MR) is 105 cm³/mol. The van der Waals surface area contributed by atoms with Crippen LogP contribution in [0.5, 0.6) is 0 Å². The second-order valence-electron chi connectivity index (χ2n) is 7.44. The minimum Gasteiger partial charge on any atom is -0.463 e. The molecule has 0 aliphatic rings. The summed E-state index contributed by atoms with van der Waals surface area (Å²) < 4.78 is 5.42. The first-order chi connectivity index (χ1) is 11.7. The number of hydrogen-bond donors (Lipinski definition) is 0. The molecule has 0 N–H and O–H groups in total. The van der Waals surface area contributed by atoms with Gasteiger partial charge >= 0.3 is 5.97 Å². The maximum absolute atomic E-state index is 11.7. The van der Waals surface area contributed by atoms with Crippen LogP contribution in [0.1, 0.15) is 130 Å². The third-order valence-electron chi connectivity index (χ3n) is 4.78. The van der Waals surface area contributed by atoms with Gasteiger partial charge in [0.1, 0.15) is 0 Å². The first kappa shape index (κ1) is 23.5. The van der Waals surface area contributed by atoms with E-state index in [4.69, 9.17) is 4.74 Å². The Hall–Kier alpha value is -0.530. The van der Waals surface area contributed by atoms with Crippen molar-refractivity contribution in [1.29, 1.82) is 0 Å². The molecule has 144 valence electrons. The third-order valence-corrected chi connectivity index (χ3v) is 4.78. The van der Waals surface area contributed by atoms with E-state index in [9.17, 15) is 4.79 Å². The lowest BCUT2D eigenvalue weighted by molar-refractivity contribution is -0.148. The molecule has 0 fully saturated rings. The van der Waals surface area contributed by atoms with E-state index in [1.165, 1.54) is 83.5 Å². The van der Waals surface area contributed by atoms with Crippen molar-refractivity contribution in [2.75, 3.05) is 0 Å². The third kappa shape index (κ3) is 17.8. The van der Waals surface area contributed by atoms with Gasteiger partial charge in [0.2, 0.25) is 0 Å². The number of esters is 1. The Morgan fingerprint density at radius 3 is 1.54 bits per heavy atom. The molecule has 1 unspecified atom stereocenters. The zero-order valence-electron chi connectivity index (χ0n) is 16.9. The molecule has 0 aliphatic carbocycles. The lowest BCUT2D eigenvalue weighted by atomic mass is 10.0. The quantitative estimate of drug-likeness (QED) is 0.190. The van der Waals surface area contributed by atoms with Crippen LogP contribution in [0.25, 0.3) is 0 Å². The van der Waals surface area contributed by atoms with E-state index < -0.39 is 0 Å². The predicted octanol–water partition coefficient (Wildman–Crippen LogP) is 7.59. The Labute approximate surface area is 152 Å². The van der Waals surface area contributed by atoms with Gasteiger partial charge in [-0.1, -0.05) is 104 Å². The van der Waals surface area contributed by atoms with Crippen LogP contribution in [-0.4, -0.2) is 12.1 Å². The van der Waals surface area contributed by atoms with Crippen molar-refractivity contribution in [3.8, 4) is 0 Å². The van der Waals surface area contributed by atoms with E-state index in [0.717, 1.165) is 19.3 Å². The van der Waals surface area contributed by atoms with E-state index in [0.29, 0.717) is 6.42 Å². The maximum Gasteiger partial charge on any atom is 0.306 e. The van der Waals surface area contributed by atoms with Crippen LogP contribution in [0.15, 0.2) is 0 Å². The molecule has 2 heteroatoms. The van der Waals surface area contributed by atoms with E-state index in [2.05, 4.69) is 13.8 Å². The van der Waals surface area contributed by atoms with Crippen LogP contribution in [0.2, 0.25) is 0 Å². The normalized spacial score (nSPS) is 12.3. The largest absolute Gasteiger partial charge is 0.463 e. The van der Waals surface area contributed by atoms with Crippen molar-refractivity contribution in [3.05, 3.63) is 0 Å². The van der Waals surface area contributed by atoms with Crippen LogP contribution >= 0.6 is 0 Å². The molecule has 0 radical (unpaired) electrons. The van der Waals surface area contributed by atoms with Gasteiger partial charge in [-0.15, -0.1) is 0 Å². The molecule has 0 amide bonds. The van der Waals surface area contributed by atoms with Gasteiger partial charge in [0.25, 0.3) is 0 Å². The van der Waals surface area contributed by atoms with Gasteiger partial charge in [0, 0.05) is 6.42 Å². The fraction of sp³-hybridized carbons (Fsp3) is 0.955. The topological polar surface area (TPSA) is 26.3 Å². The van der Waals surface area contributed by atoms with Crippen molar-refractivity contribution in [1.82, 2.24) is 0 Å².